The number of nitrogens with zero attached hydrogens (tertiary/aromatic N) is 1. The Balaban J connectivity index is 2.02. The number of hydrogen-bond donors (Lipinski definition) is 2. The molecule has 0 saturated carbocycles. The average molecular weight is 271 g/mol. The third-order valence-electron chi connectivity index (χ3n) is 2.06. The molecule has 0 fully saturated rings. The second-order valence-corrected chi connectivity index (χ2v) is 4.49. The van der Waals surface area contributed by atoms with Gasteiger partial charge in [-0.3, -0.25) is 14.9 Å². The predicted molar refractivity (Wildman–Crippen MR) is 72.6 cm³/mol. The van der Waals surface area contributed by atoms with Gasteiger partial charge in [-0.15, -0.1) is 0 Å². The van der Waals surface area contributed by atoms with E-state index >= 15 is 0 Å². The molecule has 0 saturated heterocycles. The number of carbonyl (C=O) groups excluding carboxylic acids is 2. The molecule has 0 spiro atoms. The van der Waals surface area contributed by atoms with Crippen molar-refractivity contribution >= 4 is 28.3 Å². The minimum atomic E-state index is -0.576. The van der Waals surface area contributed by atoms with Gasteiger partial charge in [-0.1, -0.05) is 35.5 Å². The fourth-order valence-electron chi connectivity index (χ4n) is 1.22. The Labute approximate surface area is 113 Å². The van der Waals surface area contributed by atoms with E-state index in [-0.39, 0.29) is 4.88 Å². The number of hydrogen-bond acceptors (Lipinski definition) is 4. The molecular formula is C13H9N3O2S. The Morgan fingerprint density at radius 2 is 2.00 bits per heavy atom. The molecule has 0 aliphatic rings. The Morgan fingerprint density at radius 3 is 2.63 bits per heavy atom. The van der Waals surface area contributed by atoms with E-state index < -0.39 is 11.8 Å². The minimum Gasteiger partial charge on any atom is -0.365 e. The average Bonchev–Trinajstić information content (AvgIpc) is 2.86. The molecule has 2 rings (SSSR count). The molecule has 0 radical (unpaired) electrons. The number of amides is 2. The van der Waals surface area contributed by atoms with Crippen LogP contribution in [0.3, 0.4) is 0 Å². The van der Waals surface area contributed by atoms with E-state index in [0.29, 0.717) is 5.13 Å². The SMILES string of the molecule is NC(=O)c1cnc(NC(=O)C#Cc2ccccc2)s1. The number of thiazole rings is 1. The van der Waals surface area contributed by atoms with Crippen molar-refractivity contribution in [3.05, 3.63) is 47.0 Å². The van der Waals surface area contributed by atoms with Crippen LogP contribution in [0.5, 0.6) is 0 Å². The molecule has 1 heterocycles. The van der Waals surface area contributed by atoms with Crippen LogP contribution in [0.2, 0.25) is 0 Å². The zero-order valence-electron chi connectivity index (χ0n) is 9.71. The van der Waals surface area contributed by atoms with Crippen LogP contribution in [0.4, 0.5) is 5.13 Å². The summed E-state index contributed by atoms with van der Waals surface area (Å²) in [7, 11) is 0. The van der Waals surface area contributed by atoms with E-state index in [9.17, 15) is 9.59 Å². The van der Waals surface area contributed by atoms with Gasteiger partial charge in [0, 0.05) is 11.5 Å². The summed E-state index contributed by atoms with van der Waals surface area (Å²) >= 11 is 1.01. The van der Waals surface area contributed by atoms with Crippen molar-refractivity contribution in [1.82, 2.24) is 4.98 Å². The Bertz CT molecular complexity index is 668. The first kappa shape index (κ1) is 12.8. The molecule has 0 aliphatic carbocycles. The van der Waals surface area contributed by atoms with Gasteiger partial charge in [0.05, 0.1) is 6.20 Å². The molecule has 1 aromatic heterocycles. The number of nitrogens with two attached hydrogens (primary N) is 1. The lowest BCUT2D eigenvalue weighted by atomic mass is 10.2. The first-order valence-electron chi connectivity index (χ1n) is 5.29. The van der Waals surface area contributed by atoms with Gasteiger partial charge in [-0.2, -0.15) is 0 Å². The van der Waals surface area contributed by atoms with Crippen LogP contribution in [-0.2, 0) is 4.79 Å². The summed E-state index contributed by atoms with van der Waals surface area (Å²) in [6, 6.07) is 9.14. The van der Waals surface area contributed by atoms with Gasteiger partial charge in [0.15, 0.2) is 5.13 Å². The van der Waals surface area contributed by atoms with Crippen molar-refractivity contribution in [2.75, 3.05) is 5.32 Å². The lowest BCUT2D eigenvalue weighted by molar-refractivity contribution is -0.111. The molecule has 0 unspecified atom stereocenters. The van der Waals surface area contributed by atoms with E-state index in [2.05, 4.69) is 22.1 Å². The molecule has 2 aromatic rings. The number of rotatable bonds is 2. The number of primary amides is 1. The van der Waals surface area contributed by atoms with Gasteiger partial charge in [0.2, 0.25) is 0 Å². The highest BCUT2D eigenvalue weighted by atomic mass is 32.1. The summed E-state index contributed by atoms with van der Waals surface area (Å²) in [5.74, 6) is 4.09. The molecule has 19 heavy (non-hydrogen) atoms. The number of nitrogens with one attached hydrogen (secondary N) is 1. The van der Waals surface area contributed by atoms with Crippen LogP contribution >= 0.6 is 11.3 Å². The zero-order valence-corrected chi connectivity index (χ0v) is 10.5. The third-order valence-corrected chi connectivity index (χ3v) is 2.99. The number of benzene rings is 1. The lowest BCUT2D eigenvalue weighted by Crippen LogP contribution is -2.08. The molecule has 94 valence electrons. The fourth-order valence-corrected chi connectivity index (χ4v) is 1.89. The minimum absolute atomic E-state index is 0.284. The van der Waals surface area contributed by atoms with Crippen molar-refractivity contribution in [1.29, 1.82) is 0 Å². The topological polar surface area (TPSA) is 85.1 Å². The molecule has 1 aromatic carbocycles. The monoisotopic (exact) mass is 271 g/mol. The van der Waals surface area contributed by atoms with E-state index in [1.807, 2.05) is 18.2 Å². The summed E-state index contributed by atoms with van der Waals surface area (Å²) in [6.07, 6.45) is 1.31. The highest BCUT2D eigenvalue weighted by Crippen LogP contribution is 2.16. The summed E-state index contributed by atoms with van der Waals surface area (Å²) in [5, 5.41) is 2.77. The van der Waals surface area contributed by atoms with Gasteiger partial charge in [-0.25, -0.2) is 4.98 Å². The first-order valence-corrected chi connectivity index (χ1v) is 6.10. The molecule has 0 bridgehead atoms. The smallest absolute Gasteiger partial charge is 0.302 e. The molecule has 2 amide bonds. The molecule has 0 aliphatic heterocycles. The Kier molecular flexibility index (Phi) is 3.90. The molecule has 6 heteroatoms. The largest absolute Gasteiger partial charge is 0.365 e. The fraction of sp³-hybridized carbons (Fsp3) is 0. The van der Waals surface area contributed by atoms with Gasteiger partial charge < -0.3 is 5.73 Å². The first-order chi connectivity index (χ1) is 9.15. The highest BCUT2D eigenvalue weighted by molar-refractivity contribution is 7.17. The van der Waals surface area contributed by atoms with Gasteiger partial charge >= 0.3 is 5.91 Å². The van der Waals surface area contributed by atoms with Crippen LogP contribution < -0.4 is 11.1 Å². The highest BCUT2D eigenvalue weighted by Gasteiger charge is 2.07. The molecule has 3 N–H and O–H groups in total. The number of carbonyl (C=O) groups is 2. The second-order valence-electron chi connectivity index (χ2n) is 3.46. The van der Waals surface area contributed by atoms with Crippen molar-refractivity contribution in [3.63, 3.8) is 0 Å². The van der Waals surface area contributed by atoms with Crippen LogP contribution in [0.15, 0.2) is 36.5 Å². The van der Waals surface area contributed by atoms with E-state index in [4.69, 9.17) is 5.73 Å². The van der Waals surface area contributed by atoms with Gasteiger partial charge in [0.1, 0.15) is 4.88 Å². The summed E-state index contributed by atoms with van der Waals surface area (Å²) in [6.45, 7) is 0. The van der Waals surface area contributed by atoms with Crippen LogP contribution in [0.25, 0.3) is 0 Å². The Hall–Kier alpha value is -2.65. The lowest BCUT2D eigenvalue weighted by Gasteiger charge is -1.92. The summed E-state index contributed by atoms with van der Waals surface area (Å²) < 4.78 is 0. The standard InChI is InChI=1S/C13H9N3O2S/c14-12(18)10-8-15-13(19-10)16-11(17)7-6-9-4-2-1-3-5-9/h1-5,8H,(H2,14,18)(H,15,16,17). The van der Waals surface area contributed by atoms with Crippen LogP contribution in [0.1, 0.15) is 15.2 Å². The third kappa shape index (κ3) is 3.66. The van der Waals surface area contributed by atoms with E-state index in [1.54, 1.807) is 12.1 Å². The van der Waals surface area contributed by atoms with Crippen molar-refractivity contribution in [2.24, 2.45) is 5.73 Å². The summed E-state index contributed by atoms with van der Waals surface area (Å²) in [5.41, 5.74) is 5.83. The van der Waals surface area contributed by atoms with Crippen molar-refractivity contribution in [3.8, 4) is 11.8 Å². The number of aromatic nitrogens is 1. The normalized spacial score (nSPS) is 9.26. The van der Waals surface area contributed by atoms with Gasteiger partial charge in [-0.05, 0) is 12.1 Å². The quantitative estimate of drug-likeness (QED) is 0.806. The van der Waals surface area contributed by atoms with E-state index in [0.717, 1.165) is 16.9 Å². The van der Waals surface area contributed by atoms with Crippen LogP contribution in [0, 0.1) is 11.8 Å². The van der Waals surface area contributed by atoms with Crippen molar-refractivity contribution in [2.45, 2.75) is 0 Å². The zero-order chi connectivity index (χ0) is 13.7. The van der Waals surface area contributed by atoms with Crippen LogP contribution in [-0.4, -0.2) is 16.8 Å². The van der Waals surface area contributed by atoms with Crippen molar-refractivity contribution < 1.29 is 9.59 Å². The Morgan fingerprint density at radius 1 is 1.26 bits per heavy atom. The van der Waals surface area contributed by atoms with E-state index in [1.165, 1.54) is 6.20 Å². The molecule has 5 nitrogen and oxygen atoms in total. The predicted octanol–water partition coefficient (Wildman–Crippen LogP) is 1.23. The maximum absolute atomic E-state index is 11.5. The maximum Gasteiger partial charge on any atom is 0.302 e. The second kappa shape index (κ2) is 5.80. The number of anilines is 1. The maximum atomic E-state index is 11.5. The molecule has 0 atom stereocenters. The summed E-state index contributed by atoms with van der Waals surface area (Å²) in [4.78, 5) is 26.5. The van der Waals surface area contributed by atoms with Gasteiger partial charge in [0.25, 0.3) is 5.91 Å². The molecular weight excluding hydrogens is 262 g/mol.